The summed E-state index contributed by atoms with van der Waals surface area (Å²) in [6, 6.07) is 0. The lowest BCUT2D eigenvalue weighted by Gasteiger charge is -2.27. The van der Waals surface area contributed by atoms with Crippen molar-refractivity contribution in [3.63, 3.8) is 0 Å². The Bertz CT molecular complexity index is 270. The first-order chi connectivity index (χ1) is 9.72. The molecule has 0 saturated carbocycles. The largest absolute Gasteiger partial charge is 0.450 e. The van der Waals surface area contributed by atoms with E-state index in [4.69, 9.17) is 9.47 Å². The minimum Gasteiger partial charge on any atom is -0.450 e. The Morgan fingerprint density at radius 3 is 2.65 bits per heavy atom. The van der Waals surface area contributed by atoms with Crippen molar-refractivity contribution in [2.45, 2.75) is 65.4 Å². The van der Waals surface area contributed by atoms with Crippen LogP contribution < -0.4 is 0 Å². The third kappa shape index (κ3) is 5.70. The maximum Gasteiger partial charge on any atom is 0.409 e. The third-order valence-corrected chi connectivity index (χ3v) is 3.95. The summed E-state index contributed by atoms with van der Waals surface area (Å²) in [4.78, 5) is 13.9. The summed E-state index contributed by atoms with van der Waals surface area (Å²) in [6.07, 6.45) is 6.87. The van der Waals surface area contributed by atoms with Crippen LogP contribution in [-0.4, -0.2) is 43.4 Å². The Kier molecular flexibility index (Phi) is 8.67. The first kappa shape index (κ1) is 17.3. The van der Waals surface area contributed by atoms with Crippen molar-refractivity contribution in [2.75, 3.05) is 26.3 Å². The Labute approximate surface area is 123 Å². The Morgan fingerprint density at radius 2 is 2.00 bits per heavy atom. The molecule has 0 aromatic carbocycles. The first-order valence-electron chi connectivity index (χ1n) is 8.26. The molecule has 1 heterocycles. The van der Waals surface area contributed by atoms with Gasteiger partial charge in [-0.3, -0.25) is 0 Å². The maximum absolute atomic E-state index is 12.0. The molecular weight excluding hydrogens is 254 g/mol. The molecule has 1 rings (SSSR count). The number of carbonyl (C=O) groups is 1. The van der Waals surface area contributed by atoms with Crippen LogP contribution in [0.3, 0.4) is 0 Å². The van der Waals surface area contributed by atoms with Crippen LogP contribution in [0.15, 0.2) is 0 Å². The highest BCUT2D eigenvalue weighted by Gasteiger charge is 2.30. The van der Waals surface area contributed by atoms with Gasteiger partial charge in [0.25, 0.3) is 0 Å². The molecule has 0 radical (unpaired) electrons. The van der Waals surface area contributed by atoms with Crippen LogP contribution in [0.4, 0.5) is 4.79 Å². The molecule has 0 unspecified atom stereocenters. The van der Waals surface area contributed by atoms with Gasteiger partial charge in [0.15, 0.2) is 0 Å². The molecule has 0 aliphatic carbocycles. The average Bonchev–Trinajstić information content (AvgIpc) is 2.88. The number of hydrogen-bond donors (Lipinski definition) is 0. The zero-order chi connectivity index (χ0) is 14.8. The van der Waals surface area contributed by atoms with Crippen molar-refractivity contribution >= 4 is 6.09 Å². The minimum atomic E-state index is -0.165. The monoisotopic (exact) mass is 285 g/mol. The number of ether oxygens (including phenoxy) is 2. The van der Waals surface area contributed by atoms with Gasteiger partial charge in [-0.15, -0.1) is 0 Å². The molecule has 1 fully saturated rings. The fraction of sp³-hybridized carbons (Fsp3) is 0.938. The Hall–Kier alpha value is -0.770. The molecule has 0 N–H and O–H groups in total. The zero-order valence-electron chi connectivity index (χ0n) is 13.4. The van der Waals surface area contributed by atoms with Crippen LogP contribution in [0, 0.1) is 5.92 Å². The smallest absolute Gasteiger partial charge is 0.409 e. The molecule has 118 valence electrons. The number of rotatable bonds is 9. The van der Waals surface area contributed by atoms with Crippen molar-refractivity contribution in [3.05, 3.63) is 0 Å². The zero-order valence-corrected chi connectivity index (χ0v) is 13.4. The van der Waals surface area contributed by atoms with E-state index in [1.807, 2.05) is 11.8 Å². The summed E-state index contributed by atoms with van der Waals surface area (Å²) in [5.41, 5.74) is 0. The number of nitrogens with zero attached hydrogens (tertiary/aromatic N) is 1. The first-order valence-corrected chi connectivity index (χ1v) is 8.26. The van der Waals surface area contributed by atoms with Gasteiger partial charge >= 0.3 is 6.09 Å². The second-order valence-corrected chi connectivity index (χ2v) is 5.60. The summed E-state index contributed by atoms with van der Waals surface area (Å²) in [7, 11) is 0. The highest BCUT2D eigenvalue weighted by atomic mass is 16.6. The SMILES string of the molecule is CCCC[C@H]1OCC[C@H]1CN(CCCC)C(=O)OCC. The van der Waals surface area contributed by atoms with Gasteiger partial charge in [0.05, 0.1) is 12.7 Å². The molecule has 1 aliphatic heterocycles. The van der Waals surface area contributed by atoms with Crippen LogP contribution in [0.1, 0.15) is 59.3 Å². The van der Waals surface area contributed by atoms with Gasteiger partial charge in [0.2, 0.25) is 0 Å². The fourth-order valence-electron chi connectivity index (χ4n) is 2.73. The van der Waals surface area contributed by atoms with Gasteiger partial charge in [-0.05, 0) is 26.2 Å². The van der Waals surface area contributed by atoms with Gasteiger partial charge in [0.1, 0.15) is 0 Å². The lowest BCUT2D eigenvalue weighted by molar-refractivity contribution is 0.0623. The molecule has 2 atom stereocenters. The van der Waals surface area contributed by atoms with Crippen molar-refractivity contribution in [3.8, 4) is 0 Å². The fourth-order valence-corrected chi connectivity index (χ4v) is 2.73. The van der Waals surface area contributed by atoms with E-state index in [1.165, 1.54) is 12.8 Å². The molecule has 0 spiro atoms. The standard InChI is InChI=1S/C16H31NO3/c1-4-7-9-15-14(10-12-20-15)13-17(11-8-5-2)16(18)19-6-3/h14-15H,4-13H2,1-3H3/t14-,15+/m0/s1. The number of amides is 1. The van der Waals surface area contributed by atoms with Crippen LogP contribution in [0.25, 0.3) is 0 Å². The molecular formula is C16H31NO3. The lowest BCUT2D eigenvalue weighted by Crippen LogP contribution is -2.38. The summed E-state index contributed by atoms with van der Waals surface area (Å²) in [5.74, 6) is 0.475. The predicted octanol–water partition coefficient (Wildman–Crippen LogP) is 3.84. The van der Waals surface area contributed by atoms with Gasteiger partial charge in [-0.25, -0.2) is 4.79 Å². The molecule has 4 nitrogen and oxygen atoms in total. The topological polar surface area (TPSA) is 38.8 Å². The normalized spacial score (nSPS) is 21.9. The third-order valence-electron chi connectivity index (χ3n) is 3.95. The average molecular weight is 285 g/mol. The van der Waals surface area contributed by atoms with Gasteiger partial charge < -0.3 is 14.4 Å². The molecule has 1 amide bonds. The van der Waals surface area contributed by atoms with E-state index in [0.29, 0.717) is 18.6 Å². The van der Waals surface area contributed by atoms with Crippen molar-refractivity contribution < 1.29 is 14.3 Å². The molecule has 1 saturated heterocycles. The number of carbonyl (C=O) groups excluding carboxylic acids is 1. The van der Waals surface area contributed by atoms with E-state index in [0.717, 1.165) is 45.4 Å². The van der Waals surface area contributed by atoms with E-state index in [1.54, 1.807) is 0 Å². The Morgan fingerprint density at radius 1 is 1.25 bits per heavy atom. The van der Waals surface area contributed by atoms with Crippen LogP contribution in [0.5, 0.6) is 0 Å². The van der Waals surface area contributed by atoms with E-state index < -0.39 is 0 Å². The molecule has 0 aromatic rings. The summed E-state index contributed by atoms with van der Waals surface area (Å²) < 4.78 is 11.0. The lowest BCUT2D eigenvalue weighted by atomic mass is 9.96. The van der Waals surface area contributed by atoms with Gasteiger partial charge in [-0.1, -0.05) is 33.1 Å². The molecule has 1 aliphatic rings. The summed E-state index contributed by atoms with van der Waals surface area (Å²) >= 11 is 0. The predicted molar refractivity (Wildman–Crippen MR) is 80.9 cm³/mol. The molecule has 4 heteroatoms. The second kappa shape index (κ2) is 10.0. The molecule has 0 bridgehead atoms. The second-order valence-electron chi connectivity index (χ2n) is 5.60. The molecule has 0 aromatic heterocycles. The van der Waals surface area contributed by atoms with Crippen molar-refractivity contribution in [2.24, 2.45) is 5.92 Å². The van der Waals surface area contributed by atoms with Crippen molar-refractivity contribution in [1.82, 2.24) is 4.90 Å². The maximum atomic E-state index is 12.0. The highest BCUT2D eigenvalue weighted by molar-refractivity contribution is 5.67. The van der Waals surface area contributed by atoms with E-state index in [9.17, 15) is 4.79 Å². The van der Waals surface area contributed by atoms with E-state index >= 15 is 0 Å². The van der Waals surface area contributed by atoms with Crippen LogP contribution >= 0.6 is 0 Å². The van der Waals surface area contributed by atoms with Gasteiger partial charge in [-0.2, -0.15) is 0 Å². The van der Waals surface area contributed by atoms with Crippen molar-refractivity contribution in [1.29, 1.82) is 0 Å². The Balaban J connectivity index is 2.51. The van der Waals surface area contributed by atoms with E-state index in [-0.39, 0.29) is 6.09 Å². The number of hydrogen-bond acceptors (Lipinski definition) is 3. The van der Waals surface area contributed by atoms with Gasteiger partial charge in [0, 0.05) is 25.6 Å². The summed E-state index contributed by atoms with van der Waals surface area (Å²) in [5, 5.41) is 0. The number of unbranched alkanes of at least 4 members (excludes halogenated alkanes) is 2. The van der Waals surface area contributed by atoms with Crippen LogP contribution in [-0.2, 0) is 9.47 Å². The molecule has 20 heavy (non-hydrogen) atoms. The van der Waals surface area contributed by atoms with E-state index in [2.05, 4.69) is 13.8 Å². The van der Waals surface area contributed by atoms with Crippen LogP contribution in [0.2, 0.25) is 0 Å². The quantitative estimate of drug-likeness (QED) is 0.646. The minimum absolute atomic E-state index is 0.165. The summed E-state index contributed by atoms with van der Waals surface area (Å²) in [6.45, 7) is 9.08. The highest BCUT2D eigenvalue weighted by Crippen LogP contribution is 2.26.